The first-order valence-electron chi connectivity index (χ1n) is 5.42. The number of nitrogens with two attached hydrogens (primary N) is 2. The molecule has 0 bridgehead atoms. The molecule has 0 aromatic heterocycles. The van der Waals surface area contributed by atoms with Crippen LogP contribution in [-0.4, -0.2) is 34.2 Å². The molecule has 0 unspecified atom stereocenters. The lowest BCUT2D eigenvalue weighted by atomic mass is 10.0. The van der Waals surface area contributed by atoms with Crippen molar-refractivity contribution >= 4 is 36.8 Å². The van der Waals surface area contributed by atoms with E-state index in [9.17, 15) is 9.59 Å². The Morgan fingerprint density at radius 3 is 1.28 bits per heavy atom. The average molecular weight is 305 g/mol. The highest BCUT2D eigenvalue weighted by Gasteiger charge is 2.11. The lowest BCUT2D eigenvalue weighted by Gasteiger charge is -2.07. The Labute approximate surface area is 119 Å². The van der Waals surface area contributed by atoms with Gasteiger partial charge in [-0.25, -0.2) is 0 Å². The molecule has 8 heteroatoms. The molecule has 0 heterocycles. The minimum Gasteiger partial charge on any atom is -0.480 e. The summed E-state index contributed by atoms with van der Waals surface area (Å²) in [5.74, 6) is -1.96. The first-order chi connectivity index (χ1) is 7.45. The third-order valence-corrected chi connectivity index (χ3v) is 2.41. The van der Waals surface area contributed by atoms with E-state index in [1.165, 1.54) is 0 Å². The number of hydrogen-bond donors (Lipinski definition) is 4. The maximum atomic E-state index is 10.4. The van der Waals surface area contributed by atoms with E-state index >= 15 is 0 Å². The van der Waals surface area contributed by atoms with Crippen LogP contribution in [0.5, 0.6) is 0 Å². The molecule has 6 N–H and O–H groups in total. The Morgan fingerprint density at radius 1 is 0.778 bits per heavy atom. The van der Waals surface area contributed by atoms with Crippen LogP contribution in [0.1, 0.15) is 38.5 Å². The zero-order chi connectivity index (χ0) is 12.6. The van der Waals surface area contributed by atoms with Crippen molar-refractivity contribution < 1.29 is 19.8 Å². The summed E-state index contributed by atoms with van der Waals surface area (Å²) in [4.78, 5) is 20.8. The van der Waals surface area contributed by atoms with Crippen molar-refractivity contribution in [2.45, 2.75) is 50.6 Å². The molecule has 6 nitrogen and oxygen atoms in total. The first kappa shape index (κ1) is 22.6. The van der Waals surface area contributed by atoms with Gasteiger partial charge in [0.05, 0.1) is 0 Å². The van der Waals surface area contributed by atoms with Gasteiger partial charge in [-0.3, -0.25) is 9.59 Å². The van der Waals surface area contributed by atoms with Gasteiger partial charge in [-0.2, -0.15) is 0 Å². The van der Waals surface area contributed by atoms with Crippen LogP contribution in [0.25, 0.3) is 0 Å². The number of halogens is 2. The largest absolute Gasteiger partial charge is 0.480 e. The highest BCUT2D eigenvalue weighted by atomic mass is 35.5. The fourth-order valence-electron chi connectivity index (χ4n) is 1.33. The van der Waals surface area contributed by atoms with E-state index in [0.717, 1.165) is 25.7 Å². The first-order valence-corrected chi connectivity index (χ1v) is 5.42. The molecule has 0 aliphatic heterocycles. The van der Waals surface area contributed by atoms with Gasteiger partial charge in [-0.1, -0.05) is 25.7 Å². The smallest absolute Gasteiger partial charge is 0.320 e. The Morgan fingerprint density at radius 2 is 1.06 bits per heavy atom. The topological polar surface area (TPSA) is 127 Å². The Hall–Kier alpha value is -0.560. The zero-order valence-electron chi connectivity index (χ0n) is 10.1. The third kappa shape index (κ3) is 11.9. The number of rotatable bonds is 9. The van der Waals surface area contributed by atoms with Gasteiger partial charge in [-0.15, -0.1) is 24.8 Å². The third-order valence-electron chi connectivity index (χ3n) is 2.41. The van der Waals surface area contributed by atoms with Crippen LogP contribution in [0, 0.1) is 0 Å². The van der Waals surface area contributed by atoms with Crippen molar-refractivity contribution in [2.24, 2.45) is 11.5 Å². The minimum absolute atomic E-state index is 0. The molecule has 0 fully saturated rings. The second-order valence-corrected chi connectivity index (χ2v) is 3.88. The molecular weight excluding hydrogens is 283 g/mol. The Kier molecular flexibility index (Phi) is 16.2. The van der Waals surface area contributed by atoms with Crippen LogP contribution >= 0.6 is 24.8 Å². The fraction of sp³-hybridized carbons (Fsp3) is 0.800. The lowest BCUT2D eigenvalue weighted by molar-refractivity contribution is -0.139. The second kappa shape index (κ2) is 12.9. The van der Waals surface area contributed by atoms with Gasteiger partial charge in [0.15, 0.2) is 0 Å². The molecule has 0 rings (SSSR count). The normalized spacial score (nSPS) is 12.8. The number of carboxylic acid groups (broad SMARTS) is 2. The number of hydrogen-bond acceptors (Lipinski definition) is 4. The van der Waals surface area contributed by atoms with E-state index < -0.39 is 24.0 Å². The number of unbranched alkanes of at least 4 members (excludes halogenated alkanes) is 3. The van der Waals surface area contributed by atoms with Crippen LogP contribution in [0.15, 0.2) is 0 Å². The molecule has 0 aliphatic rings. The molecule has 0 amide bonds. The van der Waals surface area contributed by atoms with E-state index in [2.05, 4.69) is 0 Å². The van der Waals surface area contributed by atoms with Crippen molar-refractivity contribution in [2.75, 3.05) is 0 Å². The summed E-state index contributed by atoms with van der Waals surface area (Å²) < 4.78 is 0. The van der Waals surface area contributed by atoms with E-state index in [4.69, 9.17) is 21.7 Å². The quantitative estimate of drug-likeness (QED) is 0.471. The van der Waals surface area contributed by atoms with Gasteiger partial charge in [0, 0.05) is 0 Å². The molecule has 0 saturated carbocycles. The average Bonchev–Trinajstić information content (AvgIpc) is 2.21. The van der Waals surface area contributed by atoms with Gasteiger partial charge in [0.2, 0.25) is 0 Å². The molecule has 0 aliphatic carbocycles. The summed E-state index contributed by atoms with van der Waals surface area (Å²) in [6, 6.07) is -1.58. The van der Waals surface area contributed by atoms with Crippen LogP contribution < -0.4 is 11.5 Å². The van der Waals surface area contributed by atoms with E-state index in [1.807, 2.05) is 0 Å². The maximum absolute atomic E-state index is 10.4. The summed E-state index contributed by atoms with van der Waals surface area (Å²) in [7, 11) is 0. The number of carboxylic acids is 2. The predicted molar refractivity (Wildman–Crippen MR) is 73.4 cm³/mol. The van der Waals surface area contributed by atoms with Gasteiger partial charge in [0.25, 0.3) is 0 Å². The SMILES string of the molecule is Cl.Cl.N[C@@H](CCCCCC[C@H](N)C(=O)O)C(=O)O. The molecule has 0 radical (unpaired) electrons. The number of carbonyl (C=O) groups is 2. The van der Waals surface area contributed by atoms with Crippen LogP contribution in [0.3, 0.4) is 0 Å². The molecule has 2 atom stereocenters. The zero-order valence-corrected chi connectivity index (χ0v) is 11.7. The van der Waals surface area contributed by atoms with Crippen molar-refractivity contribution in [1.82, 2.24) is 0 Å². The van der Waals surface area contributed by atoms with Crippen molar-refractivity contribution in [3.05, 3.63) is 0 Å². The molecule has 110 valence electrons. The molecule has 0 spiro atoms. The van der Waals surface area contributed by atoms with Crippen molar-refractivity contribution in [1.29, 1.82) is 0 Å². The summed E-state index contributed by atoms with van der Waals surface area (Å²) in [6.45, 7) is 0. The van der Waals surface area contributed by atoms with Crippen LogP contribution in [0.4, 0.5) is 0 Å². The molecule has 0 saturated heterocycles. The van der Waals surface area contributed by atoms with Gasteiger partial charge in [-0.05, 0) is 12.8 Å². The predicted octanol–water partition coefficient (Wildman–Crippen LogP) is 0.994. The Bertz CT molecular complexity index is 218. The highest BCUT2D eigenvalue weighted by molar-refractivity contribution is 5.85. The monoisotopic (exact) mass is 304 g/mol. The summed E-state index contributed by atoms with van der Waals surface area (Å²) >= 11 is 0. The molecule has 18 heavy (non-hydrogen) atoms. The van der Waals surface area contributed by atoms with E-state index in [0.29, 0.717) is 12.8 Å². The highest BCUT2D eigenvalue weighted by Crippen LogP contribution is 2.08. The lowest BCUT2D eigenvalue weighted by Crippen LogP contribution is -2.30. The number of aliphatic carboxylic acids is 2. The van der Waals surface area contributed by atoms with Crippen LogP contribution in [-0.2, 0) is 9.59 Å². The second-order valence-electron chi connectivity index (χ2n) is 3.88. The maximum Gasteiger partial charge on any atom is 0.320 e. The summed E-state index contributed by atoms with van der Waals surface area (Å²) in [5, 5.41) is 17.0. The van der Waals surface area contributed by atoms with Gasteiger partial charge in [0.1, 0.15) is 12.1 Å². The molecular formula is C10H22Cl2N2O4. The van der Waals surface area contributed by atoms with Crippen LogP contribution in [0.2, 0.25) is 0 Å². The standard InChI is InChI=1S/C10H20N2O4.2ClH/c11-7(9(13)14)5-3-1-2-4-6-8(12)10(15)16;;/h7-8H,1-6,11-12H2,(H,13,14)(H,15,16);2*1H/t7-,8-;;/m0../s1. The van der Waals surface area contributed by atoms with Gasteiger partial charge >= 0.3 is 11.9 Å². The fourth-order valence-corrected chi connectivity index (χ4v) is 1.33. The van der Waals surface area contributed by atoms with Crippen molar-refractivity contribution in [3.63, 3.8) is 0 Å². The van der Waals surface area contributed by atoms with Gasteiger partial charge < -0.3 is 21.7 Å². The molecule has 0 aromatic carbocycles. The summed E-state index contributed by atoms with van der Waals surface area (Å²) in [5.41, 5.74) is 10.6. The minimum atomic E-state index is -0.979. The summed E-state index contributed by atoms with van der Waals surface area (Å²) in [6.07, 6.45) is 4.12. The van der Waals surface area contributed by atoms with E-state index in [1.54, 1.807) is 0 Å². The van der Waals surface area contributed by atoms with Crippen molar-refractivity contribution in [3.8, 4) is 0 Å². The molecule has 0 aromatic rings. The van der Waals surface area contributed by atoms with E-state index in [-0.39, 0.29) is 24.8 Å². The Balaban J connectivity index is -0.00000112.